The number of nitrogens with one attached hydrogen (secondary N) is 1. The Kier molecular flexibility index (Phi) is 3.49. The molecule has 0 saturated heterocycles. The zero-order valence-corrected chi connectivity index (χ0v) is 11.5. The fourth-order valence-corrected chi connectivity index (χ4v) is 4.39. The molecular formula is C15H26N2O. The quantitative estimate of drug-likeness (QED) is 0.820. The summed E-state index contributed by atoms with van der Waals surface area (Å²) in [6.45, 7) is 0.972. The van der Waals surface area contributed by atoms with Gasteiger partial charge < -0.3 is 10.2 Å². The first-order valence-electron chi connectivity index (χ1n) is 7.74. The molecule has 3 rings (SSSR count). The second-order valence-electron chi connectivity index (χ2n) is 6.75. The van der Waals surface area contributed by atoms with Gasteiger partial charge in [-0.15, -0.1) is 0 Å². The minimum atomic E-state index is 0.157. The van der Waals surface area contributed by atoms with Gasteiger partial charge in [0.2, 0.25) is 0 Å². The van der Waals surface area contributed by atoms with Crippen LogP contribution in [0.1, 0.15) is 51.4 Å². The van der Waals surface area contributed by atoms with Crippen LogP contribution in [0.3, 0.4) is 0 Å². The highest BCUT2D eigenvalue weighted by atomic mass is 16.2. The van der Waals surface area contributed by atoms with Gasteiger partial charge in [0.25, 0.3) is 0 Å². The van der Waals surface area contributed by atoms with E-state index in [0.717, 1.165) is 24.3 Å². The lowest BCUT2D eigenvalue weighted by atomic mass is 9.88. The van der Waals surface area contributed by atoms with Crippen molar-refractivity contribution in [3.63, 3.8) is 0 Å². The molecule has 2 bridgehead atoms. The van der Waals surface area contributed by atoms with Crippen molar-refractivity contribution in [1.29, 1.82) is 0 Å². The summed E-state index contributed by atoms with van der Waals surface area (Å²) < 4.78 is 0. The van der Waals surface area contributed by atoms with Crippen molar-refractivity contribution in [1.82, 2.24) is 10.2 Å². The van der Waals surface area contributed by atoms with Crippen LogP contribution >= 0.6 is 0 Å². The van der Waals surface area contributed by atoms with Crippen molar-refractivity contribution in [2.75, 3.05) is 13.6 Å². The lowest BCUT2D eigenvalue weighted by Crippen LogP contribution is -2.44. The zero-order chi connectivity index (χ0) is 12.5. The Balaban J connectivity index is 1.45. The lowest BCUT2D eigenvalue weighted by Gasteiger charge is -2.28. The summed E-state index contributed by atoms with van der Waals surface area (Å²) in [5.74, 6) is 2.67. The number of amides is 2. The highest BCUT2D eigenvalue weighted by Gasteiger charge is 2.40. The van der Waals surface area contributed by atoms with Crippen molar-refractivity contribution in [2.24, 2.45) is 17.8 Å². The van der Waals surface area contributed by atoms with Gasteiger partial charge in [-0.2, -0.15) is 0 Å². The topological polar surface area (TPSA) is 32.3 Å². The van der Waals surface area contributed by atoms with E-state index in [-0.39, 0.29) is 6.03 Å². The molecule has 18 heavy (non-hydrogen) atoms. The van der Waals surface area contributed by atoms with Gasteiger partial charge in [-0.05, 0) is 49.9 Å². The van der Waals surface area contributed by atoms with E-state index in [9.17, 15) is 4.79 Å². The average molecular weight is 250 g/mol. The molecule has 0 aromatic heterocycles. The van der Waals surface area contributed by atoms with Crippen LogP contribution in [0, 0.1) is 17.8 Å². The first kappa shape index (κ1) is 12.3. The summed E-state index contributed by atoms with van der Waals surface area (Å²) in [5, 5.41) is 3.18. The Labute approximate surface area is 110 Å². The molecule has 0 spiro atoms. The second kappa shape index (κ2) is 5.10. The van der Waals surface area contributed by atoms with Gasteiger partial charge in [0.1, 0.15) is 0 Å². The van der Waals surface area contributed by atoms with Gasteiger partial charge in [-0.25, -0.2) is 4.79 Å². The van der Waals surface area contributed by atoms with Gasteiger partial charge in [0.05, 0.1) is 0 Å². The fourth-order valence-electron chi connectivity index (χ4n) is 4.39. The van der Waals surface area contributed by atoms with Crippen LogP contribution in [-0.4, -0.2) is 30.6 Å². The summed E-state index contributed by atoms with van der Waals surface area (Å²) >= 11 is 0. The predicted molar refractivity (Wildman–Crippen MR) is 72.4 cm³/mol. The molecule has 3 fully saturated rings. The van der Waals surface area contributed by atoms with Crippen molar-refractivity contribution in [3.05, 3.63) is 0 Å². The molecule has 3 nitrogen and oxygen atoms in total. The summed E-state index contributed by atoms with van der Waals surface area (Å²) in [6.07, 6.45) is 10.6. The van der Waals surface area contributed by atoms with Crippen molar-refractivity contribution < 1.29 is 4.79 Å². The molecule has 1 N–H and O–H groups in total. The van der Waals surface area contributed by atoms with E-state index < -0.39 is 0 Å². The van der Waals surface area contributed by atoms with E-state index in [2.05, 4.69) is 5.32 Å². The van der Waals surface area contributed by atoms with Crippen LogP contribution in [0.2, 0.25) is 0 Å². The lowest BCUT2D eigenvalue weighted by molar-refractivity contribution is 0.184. The molecule has 3 saturated carbocycles. The number of nitrogens with zero attached hydrogens (tertiary/aromatic N) is 1. The van der Waals surface area contributed by atoms with E-state index in [1.54, 1.807) is 0 Å². The Morgan fingerprint density at radius 1 is 1.17 bits per heavy atom. The summed E-state index contributed by atoms with van der Waals surface area (Å²) in [4.78, 5) is 14.0. The van der Waals surface area contributed by atoms with Crippen LogP contribution in [0.5, 0.6) is 0 Å². The Morgan fingerprint density at radius 3 is 2.56 bits per heavy atom. The second-order valence-corrected chi connectivity index (χ2v) is 6.75. The third-order valence-corrected chi connectivity index (χ3v) is 5.42. The third kappa shape index (κ3) is 2.50. The highest BCUT2D eigenvalue weighted by molar-refractivity contribution is 5.74. The van der Waals surface area contributed by atoms with E-state index in [1.807, 2.05) is 11.9 Å². The molecule has 3 unspecified atom stereocenters. The summed E-state index contributed by atoms with van der Waals surface area (Å²) in [7, 11) is 1.97. The monoisotopic (exact) mass is 250 g/mol. The number of urea groups is 1. The third-order valence-electron chi connectivity index (χ3n) is 5.42. The van der Waals surface area contributed by atoms with E-state index in [4.69, 9.17) is 0 Å². The van der Waals surface area contributed by atoms with Crippen molar-refractivity contribution in [3.8, 4) is 0 Å². The Hall–Kier alpha value is -0.730. The Bertz CT molecular complexity index is 312. The minimum Gasteiger partial charge on any atom is -0.335 e. The van der Waals surface area contributed by atoms with E-state index in [0.29, 0.717) is 6.04 Å². The van der Waals surface area contributed by atoms with Gasteiger partial charge >= 0.3 is 6.03 Å². The largest absolute Gasteiger partial charge is 0.335 e. The standard InChI is InChI=1S/C15H26N2O/c1-17(15(18)16-14-4-2-3-5-14)10-13-9-11-6-7-12(13)8-11/h11-14H,2-10H2,1H3,(H,16,18). The molecular weight excluding hydrogens is 224 g/mol. The number of carbonyl (C=O) groups is 1. The van der Waals surface area contributed by atoms with Crippen LogP contribution in [-0.2, 0) is 0 Å². The maximum atomic E-state index is 12.1. The number of fused-ring (bicyclic) bond motifs is 2. The summed E-state index contributed by atoms with van der Waals surface area (Å²) in [6, 6.07) is 0.602. The van der Waals surface area contributed by atoms with Gasteiger partial charge in [-0.3, -0.25) is 0 Å². The molecule has 3 aliphatic carbocycles. The van der Waals surface area contributed by atoms with Gasteiger partial charge in [-0.1, -0.05) is 19.3 Å². The highest BCUT2D eigenvalue weighted by Crippen LogP contribution is 2.48. The number of carbonyl (C=O) groups excluding carboxylic acids is 1. The molecule has 3 aliphatic rings. The number of rotatable bonds is 3. The predicted octanol–water partition coefficient (Wildman–Crippen LogP) is 3.01. The molecule has 3 atom stereocenters. The normalized spacial score (nSPS) is 35.1. The smallest absolute Gasteiger partial charge is 0.317 e. The maximum Gasteiger partial charge on any atom is 0.317 e. The molecule has 102 valence electrons. The average Bonchev–Trinajstić information content (AvgIpc) is 3.04. The Morgan fingerprint density at radius 2 is 1.94 bits per heavy atom. The molecule has 0 radical (unpaired) electrons. The minimum absolute atomic E-state index is 0.157. The first-order valence-corrected chi connectivity index (χ1v) is 7.74. The SMILES string of the molecule is CN(CC1CC2CCC1C2)C(=O)NC1CCCC1. The first-order chi connectivity index (χ1) is 8.72. The van der Waals surface area contributed by atoms with Crippen LogP contribution in [0.25, 0.3) is 0 Å². The molecule has 3 heteroatoms. The number of hydrogen-bond acceptors (Lipinski definition) is 1. The zero-order valence-electron chi connectivity index (χ0n) is 11.5. The van der Waals surface area contributed by atoms with Gasteiger partial charge in [0, 0.05) is 19.6 Å². The van der Waals surface area contributed by atoms with Crippen LogP contribution in [0.15, 0.2) is 0 Å². The summed E-state index contributed by atoms with van der Waals surface area (Å²) in [5.41, 5.74) is 0. The van der Waals surface area contributed by atoms with Crippen molar-refractivity contribution in [2.45, 2.75) is 57.4 Å². The van der Waals surface area contributed by atoms with Gasteiger partial charge in [0.15, 0.2) is 0 Å². The molecule has 0 aliphatic heterocycles. The van der Waals surface area contributed by atoms with Crippen LogP contribution < -0.4 is 5.32 Å². The van der Waals surface area contributed by atoms with E-state index >= 15 is 0 Å². The maximum absolute atomic E-state index is 12.1. The fraction of sp³-hybridized carbons (Fsp3) is 0.933. The molecule has 2 amide bonds. The van der Waals surface area contributed by atoms with E-state index in [1.165, 1.54) is 51.4 Å². The molecule has 0 aromatic carbocycles. The molecule has 0 aromatic rings. The molecule has 0 heterocycles. The van der Waals surface area contributed by atoms with Crippen molar-refractivity contribution >= 4 is 6.03 Å². The number of hydrogen-bond donors (Lipinski definition) is 1. The van der Waals surface area contributed by atoms with Crippen LogP contribution in [0.4, 0.5) is 4.79 Å².